The number of hydrogen-bond acceptors (Lipinski definition) is 5. The number of carboxylic acid groups (broad SMARTS) is 1. The highest BCUT2D eigenvalue weighted by Crippen LogP contribution is 2.33. The van der Waals surface area contributed by atoms with Gasteiger partial charge in [-0.25, -0.2) is 9.10 Å². The molecule has 0 aliphatic carbocycles. The summed E-state index contributed by atoms with van der Waals surface area (Å²) in [5, 5.41) is 10.2. The summed E-state index contributed by atoms with van der Waals surface area (Å²) in [6.07, 6.45) is 1.06. The molecule has 2 rings (SSSR count). The predicted molar refractivity (Wildman–Crippen MR) is 124 cm³/mol. The zero-order chi connectivity index (χ0) is 21.4. The number of benzene rings is 2. The Labute approximate surface area is 191 Å². The normalized spacial score (nSPS) is 12.2. The third-order valence-corrected chi connectivity index (χ3v) is 6.77. The Morgan fingerprint density at radius 3 is 2.52 bits per heavy atom. The molecule has 0 aliphatic heterocycles. The summed E-state index contributed by atoms with van der Waals surface area (Å²) >= 11 is 15.6. The van der Waals surface area contributed by atoms with Crippen LogP contribution in [0.15, 0.2) is 46.2 Å². The third-order valence-electron chi connectivity index (χ3n) is 3.89. The van der Waals surface area contributed by atoms with E-state index in [1.54, 1.807) is 23.7 Å². The highest BCUT2D eigenvalue weighted by molar-refractivity contribution is 8.00. The standard InChI is InChI=1S/C21H25Cl2NO3S2/c1-4-9-24(29-17-5-7-18(22)19(23)11-17)12-15(3)28-16-6-8-20(14(2)10-16)27-13-21(25)26/h5-8,10-11,15H,4,9,12-13H2,1-3H3,(H,25,26)/t15-/m1/s1. The van der Waals surface area contributed by atoms with Crippen LogP contribution in [0.2, 0.25) is 10.0 Å². The summed E-state index contributed by atoms with van der Waals surface area (Å²) in [4.78, 5) is 12.9. The van der Waals surface area contributed by atoms with Gasteiger partial charge in [-0.1, -0.05) is 37.0 Å². The molecule has 1 atom stereocenters. The maximum Gasteiger partial charge on any atom is 0.341 e. The smallest absolute Gasteiger partial charge is 0.341 e. The number of ether oxygens (including phenoxy) is 1. The molecule has 0 heterocycles. The van der Waals surface area contributed by atoms with Gasteiger partial charge >= 0.3 is 5.97 Å². The molecule has 158 valence electrons. The molecular formula is C21H25Cl2NO3S2. The Bertz CT molecular complexity index is 836. The van der Waals surface area contributed by atoms with E-state index in [-0.39, 0.29) is 6.61 Å². The van der Waals surface area contributed by atoms with E-state index in [2.05, 4.69) is 18.2 Å². The highest BCUT2D eigenvalue weighted by atomic mass is 35.5. The summed E-state index contributed by atoms with van der Waals surface area (Å²) < 4.78 is 7.64. The van der Waals surface area contributed by atoms with Crippen LogP contribution in [0.3, 0.4) is 0 Å². The molecule has 2 aromatic carbocycles. The lowest BCUT2D eigenvalue weighted by Crippen LogP contribution is -2.24. The van der Waals surface area contributed by atoms with Crippen LogP contribution in [0.4, 0.5) is 0 Å². The average molecular weight is 474 g/mol. The molecule has 0 unspecified atom stereocenters. The molecule has 0 bridgehead atoms. The van der Waals surface area contributed by atoms with E-state index in [9.17, 15) is 4.79 Å². The number of aliphatic carboxylic acids is 1. The number of aryl methyl sites for hydroxylation is 1. The van der Waals surface area contributed by atoms with Gasteiger partial charge < -0.3 is 9.84 Å². The van der Waals surface area contributed by atoms with E-state index < -0.39 is 5.97 Å². The minimum Gasteiger partial charge on any atom is -0.482 e. The van der Waals surface area contributed by atoms with Crippen LogP contribution in [0.25, 0.3) is 0 Å². The van der Waals surface area contributed by atoms with Gasteiger partial charge in [0.2, 0.25) is 0 Å². The summed E-state index contributed by atoms with van der Waals surface area (Å²) in [6.45, 7) is 7.83. The molecule has 0 saturated carbocycles. The van der Waals surface area contributed by atoms with Crippen molar-refractivity contribution in [1.82, 2.24) is 4.31 Å². The van der Waals surface area contributed by atoms with Crippen molar-refractivity contribution in [2.75, 3.05) is 19.7 Å². The van der Waals surface area contributed by atoms with Crippen LogP contribution in [-0.2, 0) is 4.79 Å². The molecule has 0 amide bonds. The molecule has 4 nitrogen and oxygen atoms in total. The van der Waals surface area contributed by atoms with Gasteiger partial charge in [-0.2, -0.15) is 0 Å². The molecule has 0 aliphatic rings. The SMILES string of the molecule is CCCN(C[C@@H](C)Sc1ccc(OCC(=O)O)c(C)c1)Sc1ccc(Cl)c(Cl)c1. The Morgan fingerprint density at radius 2 is 1.90 bits per heavy atom. The number of halogens is 2. The van der Waals surface area contributed by atoms with Crippen LogP contribution < -0.4 is 4.74 Å². The minimum absolute atomic E-state index is 0.332. The Balaban J connectivity index is 1.97. The Hall–Kier alpha value is -1.05. The molecule has 2 aromatic rings. The topological polar surface area (TPSA) is 49.8 Å². The molecule has 0 radical (unpaired) electrons. The third kappa shape index (κ3) is 8.30. The predicted octanol–water partition coefficient (Wildman–Crippen LogP) is 6.67. The van der Waals surface area contributed by atoms with Crippen molar-refractivity contribution in [2.45, 2.75) is 42.2 Å². The van der Waals surface area contributed by atoms with Crippen molar-refractivity contribution in [1.29, 1.82) is 0 Å². The van der Waals surface area contributed by atoms with E-state index in [4.69, 9.17) is 33.0 Å². The van der Waals surface area contributed by atoms with Crippen molar-refractivity contribution in [3.8, 4) is 5.75 Å². The lowest BCUT2D eigenvalue weighted by molar-refractivity contribution is -0.139. The van der Waals surface area contributed by atoms with Crippen molar-refractivity contribution < 1.29 is 14.6 Å². The number of carbonyl (C=O) groups is 1. The molecule has 0 spiro atoms. The molecule has 0 saturated heterocycles. The zero-order valence-corrected chi connectivity index (χ0v) is 19.8. The lowest BCUT2D eigenvalue weighted by atomic mass is 10.2. The molecule has 8 heteroatoms. The van der Waals surface area contributed by atoms with Crippen LogP contribution in [-0.4, -0.2) is 40.3 Å². The minimum atomic E-state index is -0.980. The quantitative estimate of drug-likeness (QED) is 0.290. The second-order valence-corrected chi connectivity index (χ2v) is 10.1. The van der Waals surface area contributed by atoms with Gasteiger partial charge in [0.1, 0.15) is 5.75 Å². The Morgan fingerprint density at radius 1 is 1.17 bits per heavy atom. The Kier molecular flexibility index (Phi) is 9.99. The maximum atomic E-state index is 10.7. The fourth-order valence-electron chi connectivity index (χ4n) is 2.66. The number of hydrogen-bond donors (Lipinski definition) is 1. The molecule has 0 aromatic heterocycles. The van der Waals surface area contributed by atoms with Crippen molar-refractivity contribution in [2.24, 2.45) is 0 Å². The largest absolute Gasteiger partial charge is 0.482 e. The molecular weight excluding hydrogens is 449 g/mol. The maximum absolute atomic E-state index is 10.7. The highest BCUT2D eigenvalue weighted by Gasteiger charge is 2.14. The molecule has 0 fully saturated rings. The first kappa shape index (κ1) is 24.2. The zero-order valence-electron chi connectivity index (χ0n) is 16.7. The van der Waals surface area contributed by atoms with Crippen LogP contribution in [0, 0.1) is 6.92 Å². The van der Waals surface area contributed by atoms with Gasteiger partial charge in [0.05, 0.1) is 10.0 Å². The van der Waals surface area contributed by atoms with Crippen LogP contribution in [0.5, 0.6) is 5.75 Å². The summed E-state index contributed by atoms with van der Waals surface area (Å²) in [5.41, 5.74) is 0.930. The van der Waals surface area contributed by atoms with Gasteiger partial charge in [-0.05, 0) is 67.3 Å². The van der Waals surface area contributed by atoms with Crippen LogP contribution >= 0.6 is 46.9 Å². The second kappa shape index (κ2) is 12.0. The first-order valence-corrected chi connectivity index (χ1v) is 11.7. The first-order valence-electron chi connectivity index (χ1n) is 9.28. The number of rotatable bonds is 11. The summed E-state index contributed by atoms with van der Waals surface area (Å²) in [6, 6.07) is 11.6. The van der Waals surface area contributed by atoms with Crippen molar-refractivity contribution in [3.63, 3.8) is 0 Å². The first-order chi connectivity index (χ1) is 13.8. The monoisotopic (exact) mass is 473 g/mol. The number of nitrogens with zero attached hydrogens (tertiary/aromatic N) is 1. The van der Waals surface area contributed by atoms with Gasteiger partial charge in [0, 0.05) is 28.1 Å². The van der Waals surface area contributed by atoms with Crippen molar-refractivity contribution >= 4 is 52.9 Å². The fourth-order valence-corrected chi connectivity index (χ4v) is 5.40. The van der Waals surface area contributed by atoms with Gasteiger partial charge in [0.25, 0.3) is 0 Å². The van der Waals surface area contributed by atoms with E-state index in [0.29, 0.717) is 21.0 Å². The van der Waals surface area contributed by atoms with E-state index >= 15 is 0 Å². The number of thioether (sulfide) groups is 1. The van der Waals surface area contributed by atoms with Crippen molar-refractivity contribution in [3.05, 3.63) is 52.0 Å². The van der Waals surface area contributed by atoms with Gasteiger partial charge in [-0.15, -0.1) is 11.8 Å². The molecule has 29 heavy (non-hydrogen) atoms. The molecule has 1 N–H and O–H groups in total. The average Bonchev–Trinajstić information content (AvgIpc) is 2.64. The van der Waals surface area contributed by atoms with E-state index in [0.717, 1.165) is 34.9 Å². The van der Waals surface area contributed by atoms with Gasteiger partial charge in [0.15, 0.2) is 6.61 Å². The number of carboxylic acids is 1. The second-order valence-electron chi connectivity index (χ2n) is 6.59. The van der Waals surface area contributed by atoms with Gasteiger partial charge in [-0.3, -0.25) is 0 Å². The summed E-state index contributed by atoms with van der Waals surface area (Å²) in [5.74, 6) is -0.376. The summed E-state index contributed by atoms with van der Waals surface area (Å²) in [7, 11) is 0. The van der Waals surface area contributed by atoms with Crippen LogP contribution in [0.1, 0.15) is 25.8 Å². The lowest BCUT2D eigenvalue weighted by Gasteiger charge is -2.24. The van der Waals surface area contributed by atoms with E-state index in [1.807, 2.05) is 43.3 Å². The van der Waals surface area contributed by atoms with E-state index in [1.165, 1.54) is 0 Å². The fraction of sp³-hybridized carbons (Fsp3) is 0.381.